The van der Waals surface area contributed by atoms with E-state index in [2.05, 4.69) is 21.0 Å². The SMILES string of the molecule is CC1=NN(c2ccc(Cl)cc2)C(=O)/C1=C/c1cc(F)ccc1Br. The molecule has 0 saturated carbocycles. The molecule has 2 aromatic carbocycles. The van der Waals surface area contributed by atoms with Crippen LogP contribution in [0.2, 0.25) is 5.02 Å². The molecule has 0 radical (unpaired) electrons. The molecule has 1 amide bonds. The van der Waals surface area contributed by atoms with Gasteiger partial charge in [0.05, 0.1) is 17.0 Å². The molecule has 23 heavy (non-hydrogen) atoms. The van der Waals surface area contributed by atoms with E-state index in [0.717, 1.165) is 0 Å². The first-order valence-corrected chi connectivity index (χ1v) is 7.95. The second-order valence-electron chi connectivity index (χ2n) is 5.00. The van der Waals surface area contributed by atoms with Gasteiger partial charge in [0.2, 0.25) is 0 Å². The van der Waals surface area contributed by atoms with E-state index in [-0.39, 0.29) is 11.7 Å². The second-order valence-corrected chi connectivity index (χ2v) is 6.29. The van der Waals surface area contributed by atoms with Gasteiger partial charge in [-0.15, -0.1) is 0 Å². The van der Waals surface area contributed by atoms with Gasteiger partial charge in [0, 0.05) is 9.50 Å². The Labute approximate surface area is 146 Å². The molecule has 0 unspecified atom stereocenters. The summed E-state index contributed by atoms with van der Waals surface area (Å²) in [5.74, 6) is -0.629. The summed E-state index contributed by atoms with van der Waals surface area (Å²) in [6.07, 6.45) is 1.63. The Kier molecular flexibility index (Phi) is 4.33. The number of carbonyl (C=O) groups is 1. The van der Waals surface area contributed by atoms with Crippen molar-refractivity contribution in [3.63, 3.8) is 0 Å². The third-order valence-corrected chi connectivity index (χ3v) is 4.37. The first kappa shape index (κ1) is 15.9. The van der Waals surface area contributed by atoms with Crippen LogP contribution in [0, 0.1) is 5.82 Å². The minimum Gasteiger partial charge on any atom is -0.267 e. The van der Waals surface area contributed by atoms with Crippen LogP contribution in [0.3, 0.4) is 0 Å². The molecule has 1 aliphatic heterocycles. The van der Waals surface area contributed by atoms with Crippen molar-refractivity contribution in [3.8, 4) is 0 Å². The Hall–Kier alpha value is -1.98. The zero-order chi connectivity index (χ0) is 16.6. The molecule has 0 spiro atoms. The lowest BCUT2D eigenvalue weighted by Crippen LogP contribution is -2.21. The standard InChI is InChI=1S/C17H11BrClFN2O/c1-10-15(9-11-8-13(20)4-7-16(11)18)17(23)22(21-10)14-5-2-12(19)3-6-14/h2-9H,1H3/b15-9+. The van der Waals surface area contributed by atoms with E-state index >= 15 is 0 Å². The molecule has 2 aromatic rings. The number of hydrogen-bond acceptors (Lipinski definition) is 2. The lowest BCUT2D eigenvalue weighted by atomic mass is 10.1. The zero-order valence-electron chi connectivity index (χ0n) is 12.1. The average molecular weight is 394 g/mol. The lowest BCUT2D eigenvalue weighted by Gasteiger charge is -2.11. The second kappa shape index (κ2) is 6.26. The third-order valence-electron chi connectivity index (χ3n) is 3.39. The molecular weight excluding hydrogens is 383 g/mol. The summed E-state index contributed by atoms with van der Waals surface area (Å²) in [6.45, 7) is 1.74. The van der Waals surface area contributed by atoms with Gasteiger partial charge in [-0.3, -0.25) is 4.79 Å². The minimum atomic E-state index is -0.366. The maximum absolute atomic E-state index is 13.4. The first-order chi connectivity index (χ1) is 11.0. The number of hydrazone groups is 1. The molecule has 0 N–H and O–H groups in total. The van der Waals surface area contributed by atoms with E-state index in [9.17, 15) is 9.18 Å². The predicted octanol–water partition coefficient (Wildman–Crippen LogP) is 5.05. The summed E-state index contributed by atoms with van der Waals surface area (Å²) in [4.78, 5) is 12.6. The van der Waals surface area contributed by atoms with Crippen molar-refractivity contribution in [2.45, 2.75) is 6.92 Å². The number of amides is 1. The molecule has 1 heterocycles. The van der Waals surface area contributed by atoms with Crippen molar-refractivity contribution in [1.82, 2.24) is 0 Å². The molecular formula is C17H11BrClFN2O. The first-order valence-electron chi connectivity index (χ1n) is 6.78. The van der Waals surface area contributed by atoms with Crippen LogP contribution in [-0.4, -0.2) is 11.6 Å². The summed E-state index contributed by atoms with van der Waals surface area (Å²) in [7, 11) is 0. The van der Waals surface area contributed by atoms with Crippen molar-refractivity contribution in [2.24, 2.45) is 5.10 Å². The van der Waals surface area contributed by atoms with E-state index < -0.39 is 0 Å². The molecule has 1 aliphatic rings. The molecule has 116 valence electrons. The topological polar surface area (TPSA) is 32.7 Å². The summed E-state index contributed by atoms with van der Waals surface area (Å²) >= 11 is 9.22. The number of anilines is 1. The van der Waals surface area contributed by atoms with Crippen LogP contribution in [0.4, 0.5) is 10.1 Å². The van der Waals surface area contributed by atoms with Gasteiger partial charge in [0.25, 0.3) is 5.91 Å². The molecule has 0 aromatic heterocycles. The van der Waals surface area contributed by atoms with Gasteiger partial charge in [-0.25, -0.2) is 4.39 Å². The van der Waals surface area contributed by atoms with Gasteiger partial charge in [-0.1, -0.05) is 27.5 Å². The summed E-state index contributed by atoms with van der Waals surface area (Å²) in [6, 6.07) is 11.1. The third kappa shape index (κ3) is 3.21. The molecule has 3 nitrogen and oxygen atoms in total. The van der Waals surface area contributed by atoms with Crippen LogP contribution in [0.25, 0.3) is 6.08 Å². The Morgan fingerprint density at radius 2 is 1.91 bits per heavy atom. The summed E-state index contributed by atoms with van der Waals surface area (Å²) in [5, 5.41) is 6.17. The number of nitrogens with zero attached hydrogens (tertiary/aromatic N) is 2. The molecule has 0 atom stereocenters. The normalized spacial score (nSPS) is 16.2. The molecule has 3 rings (SSSR count). The lowest BCUT2D eigenvalue weighted by molar-refractivity contribution is -0.114. The van der Waals surface area contributed by atoms with Crippen molar-refractivity contribution in [1.29, 1.82) is 0 Å². The number of hydrogen-bond donors (Lipinski definition) is 0. The molecule has 0 bridgehead atoms. The van der Waals surface area contributed by atoms with Crippen molar-refractivity contribution >= 4 is 50.9 Å². The maximum Gasteiger partial charge on any atom is 0.280 e. The molecule has 0 saturated heterocycles. The Balaban J connectivity index is 1.98. The van der Waals surface area contributed by atoms with Crippen molar-refractivity contribution in [3.05, 3.63) is 68.9 Å². The van der Waals surface area contributed by atoms with E-state index in [1.807, 2.05) is 0 Å². The average Bonchev–Trinajstić information content (AvgIpc) is 2.80. The number of rotatable bonds is 2. The van der Waals surface area contributed by atoms with Crippen LogP contribution in [0.1, 0.15) is 12.5 Å². The smallest absolute Gasteiger partial charge is 0.267 e. The van der Waals surface area contributed by atoms with Gasteiger partial charge >= 0.3 is 0 Å². The van der Waals surface area contributed by atoms with Crippen molar-refractivity contribution < 1.29 is 9.18 Å². The van der Waals surface area contributed by atoms with E-state index in [4.69, 9.17) is 11.6 Å². The fourth-order valence-corrected chi connectivity index (χ4v) is 2.71. The van der Waals surface area contributed by atoms with Crippen LogP contribution in [-0.2, 0) is 4.79 Å². The highest BCUT2D eigenvalue weighted by atomic mass is 79.9. The van der Waals surface area contributed by atoms with Crippen LogP contribution in [0.15, 0.2) is 57.6 Å². The Morgan fingerprint density at radius 1 is 1.22 bits per heavy atom. The Bertz CT molecular complexity index is 846. The highest BCUT2D eigenvalue weighted by Gasteiger charge is 2.28. The van der Waals surface area contributed by atoms with Gasteiger partial charge in [-0.2, -0.15) is 10.1 Å². The minimum absolute atomic E-state index is 0.263. The van der Waals surface area contributed by atoms with Gasteiger partial charge < -0.3 is 0 Å². The van der Waals surface area contributed by atoms with E-state index in [1.54, 1.807) is 43.3 Å². The quantitative estimate of drug-likeness (QED) is 0.657. The molecule has 0 fully saturated rings. The van der Waals surface area contributed by atoms with Gasteiger partial charge in [0.15, 0.2) is 0 Å². The van der Waals surface area contributed by atoms with Crippen LogP contribution >= 0.6 is 27.5 Å². The van der Waals surface area contributed by atoms with E-state index in [1.165, 1.54) is 17.1 Å². The highest BCUT2D eigenvalue weighted by molar-refractivity contribution is 9.10. The monoisotopic (exact) mass is 392 g/mol. The van der Waals surface area contributed by atoms with Crippen LogP contribution in [0.5, 0.6) is 0 Å². The van der Waals surface area contributed by atoms with Crippen molar-refractivity contribution in [2.75, 3.05) is 5.01 Å². The van der Waals surface area contributed by atoms with Gasteiger partial charge in [-0.05, 0) is 61.0 Å². The Morgan fingerprint density at radius 3 is 2.61 bits per heavy atom. The number of benzene rings is 2. The summed E-state index contributed by atoms with van der Waals surface area (Å²) < 4.78 is 14.1. The molecule has 0 aliphatic carbocycles. The number of halogens is 3. The zero-order valence-corrected chi connectivity index (χ0v) is 14.4. The fraction of sp³-hybridized carbons (Fsp3) is 0.0588. The number of carbonyl (C=O) groups excluding carboxylic acids is 1. The van der Waals surface area contributed by atoms with E-state index in [0.29, 0.717) is 32.0 Å². The predicted molar refractivity (Wildman–Crippen MR) is 94.1 cm³/mol. The van der Waals surface area contributed by atoms with Crippen LogP contribution < -0.4 is 5.01 Å². The molecule has 6 heteroatoms. The van der Waals surface area contributed by atoms with Gasteiger partial charge in [0.1, 0.15) is 5.82 Å². The highest BCUT2D eigenvalue weighted by Crippen LogP contribution is 2.28. The maximum atomic E-state index is 13.4. The summed E-state index contributed by atoms with van der Waals surface area (Å²) in [5.41, 5.74) is 2.20. The fourth-order valence-electron chi connectivity index (χ4n) is 2.22. The largest absolute Gasteiger partial charge is 0.280 e.